The minimum atomic E-state index is -4.60. The Hall–Kier alpha value is -2.30. The maximum absolute atomic E-state index is 13.8. The van der Waals surface area contributed by atoms with E-state index in [2.05, 4.69) is 36.6 Å². The van der Waals surface area contributed by atoms with Crippen LogP contribution >= 0.6 is 39.1 Å². The molecule has 3 aromatic rings. The molecule has 1 aliphatic rings. The van der Waals surface area contributed by atoms with Gasteiger partial charge in [0.15, 0.2) is 16.9 Å². The van der Waals surface area contributed by atoms with Crippen LogP contribution in [0.25, 0.3) is 0 Å². The predicted octanol–water partition coefficient (Wildman–Crippen LogP) is 6.26. The van der Waals surface area contributed by atoms with E-state index in [1.807, 2.05) is 0 Å². The molecule has 2 N–H and O–H groups in total. The summed E-state index contributed by atoms with van der Waals surface area (Å²) in [4.78, 5) is 16.5. The maximum Gasteiger partial charge on any atom is 0.410 e. The summed E-state index contributed by atoms with van der Waals surface area (Å²) in [5.41, 5.74) is 0.480. The van der Waals surface area contributed by atoms with Gasteiger partial charge < -0.3 is 10.6 Å². The van der Waals surface area contributed by atoms with Gasteiger partial charge in [0.2, 0.25) is 0 Å². The molecular weight excluding hydrogens is 522 g/mol. The summed E-state index contributed by atoms with van der Waals surface area (Å²) in [6.07, 6.45) is -3.48. The van der Waals surface area contributed by atoms with Gasteiger partial charge >= 0.3 is 6.18 Å². The fourth-order valence-corrected chi connectivity index (χ4v) is 4.00. The zero-order valence-corrected chi connectivity index (χ0v) is 18.5. The molecule has 3 heterocycles. The largest absolute Gasteiger partial charge is 0.410 e. The molecule has 12 heteroatoms. The normalized spacial score (nSPS) is 18.3. The van der Waals surface area contributed by atoms with Crippen molar-refractivity contribution in [2.24, 2.45) is 0 Å². The zero-order chi connectivity index (χ0) is 22.3. The number of aromatic nitrogens is 3. The standard InChI is InChI=1S/C19H13BrCl2F3N5O/c20-10-5-3-9(4-6-10)12-8-13(19(23,24)25)30-17(27-12)14(21)15(29-30)18(31)28-11-2-1-7-26-16(11)22/h1-7,12-13,27H,8H2,(H,28,31)/t12-,13-/m0/s1. The highest BCUT2D eigenvalue weighted by atomic mass is 79.9. The molecule has 0 bridgehead atoms. The second-order valence-corrected chi connectivity index (χ2v) is 8.44. The molecule has 0 radical (unpaired) electrons. The van der Waals surface area contributed by atoms with Crippen LogP contribution in [0.2, 0.25) is 10.2 Å². The number of nitrogens with zero attached hydrogens (tertiary/aromatic N) is 3. The third-order valence-electron chi connectivity index (χ3n) is 4.79. The molecule has 4 rings (SSSR count). The lowest BCUT2D eigenvalue weighted by Crippen LogP contribution is -2.35. The fourth-order valence-electron chi connectivity index (χ4n) is 3.31. The van der Waals surface area contributed by atoms with Crippen LogP contribution in [-0.4, -0.2) is 26.8 Å². The maximum atomic E-state index is 13.8. The number of hydrogen-bond donors (Lipinski definition) is 2. The molecule has 0 aliphatic carbocycles. The highest BCUT2D eigenvalue weighted by Gasteiger charge is 2.47. The van der Waals surface area contributed by atoms with Gasteiger partial charge in [-0.2, -0.15) is 18.3 Å². The van der Waals surface area contributed by atoms with Gasteiger partial charge in [-0.05, 0) is 29.8 Å². The molecule has 1 amide bonds. The van der Waals surface area contributed by atoms with Crippen molar-refractivity contribution in [3.63, 3.8) is 0 Å². The van der Waals surface area contributed by atoms with E-state index >= 15 is 0 Å². The molecule has 0 unspecified atom stereocenters. The molecule has 0 saturated carbocycles. The number of anilines is 2. The van der Waals surface area contributed by atoms with E-state index in [-0.39, 0.29) is 33.8 Å². The molecule has 31 heavy (non-hydrogen) atoms. The second-order valence-electron chi connectivity index (χ2n) is 6.79. The molecule has 1 aliphatic heterocycles. The molecule has 0 saturated heterocycles. The highest BCUT2D eigenvalue weighted by Crippen LogP contribution is 2.46. The topological polar surface area (TPSA) is 71.8 Å². The monoisotopic (exact) mass is 533 g/mol. The van der Waals surface area contributed by atoms with E-state index in [4.69, 9.17) is 23.2 Å². The Bertz CT molecular complexity index is 1140. The Balaban J connectivity index is 1.71. The SMILES string of the molecule is O=C(Nc1cccnc1Cl)c1nn2c(c1Cl)N[C@H](c1ccc(Br)cc1)C[C@H]2C(F)(F)F. The quantitative estimate of drug-likeness (QED) is 0.389. The number of carbonyl (C=O) groups is 1. The van der Waals surface area contributed by atoms with Gasteiger partial charge in [0.1, 0.15) is 10.8 Å². The number of fused-ring (bicyclic) bond motifs is 1. The Morgan fingerprint density at radius 1 is 1.23 bits per heavy atom. The van der Waals surface area contributed by atoms with E-state index < -0.39 is 24.2 Å². The fraction of sp³-hybridized carbons (Fsp3) is 0.211. The first-order valence-corrected chi connectivity index (χ1v) is 10.5. The van der Waals surface area contributed by atoms with Crippen LogP contribution in [-0.2, 0) is 0 Å². The summed E-state index contributed by atoms with van der Waals surface area (Å²) in [6, 6.07) is 7.32. The van der Waals surface area contributed by atoms with Crippen LogP contribution in [0.15, 0.2) is 47.1 Å². The van der Waals surface area contributed by atoms with E-state index in [9.17, 15) is 18.0 Å². The minimum Gasteiger partial charge on any atom is -0.362 e. The van der Waals surface area contributed by atoms with E-state index in [0.29, 0.717) is 5.56 Å². The summed E-state index contributed by atoms with van der Waals surface area (Å²) in [5, 5.41) is 9.16. The molecule has 0 fully saturated rings. The number of amides is 1. The van der Waals surface area contributed by atoms with Gasteiger partial charge in [-0.15, -0.1) is 0 Å². The van der Waals surface area contributed by atoms with Crippen LogP contribution in [0.1, 0.15) is 34.6 Å². The number of halogens is 6. The number of pyridine rings is 1. The van der Waals surface area contributed by atoms with Crippen LogP contribution in [0.3, 0.4) is 0 Å². The lowest BCUT2D eigenvalue weighted by molar-refractivity contribution is -0.173. The minimum absolute atomic E-state index is 0.0255. The van der Waals surface area contributed by atoms with Crippen molar-refractivity contribution < 1.29 is 18.0 Å². The van der Waals surface area contributed by atoms with Crippen LogP contribution in [0.4, 0.5) is 24.7 Å². The third-order valence-corrected chi connectivity index (χ3v) is 5.98. The average molecular weight is 535 g/mol. The molecule has 162 valence electrons. The first-order chi connectivity index (χ1) is 14.6. The Labute approximate surface area is 192 Å². The molecule has 0 spiro atoms. The van der Waals surface area contributed by atoms with Crippen LogP contribution in [0, 0.1) is 0 Å². The lowest BCUT2D eigenvalue weighted by atomic mass is 9.97. The van der Waals surface area contributed by atoms with Gasteiger partial charge in [0.05, 0.1) is 11.7 Å². The third kappa shape index (κ3) is 4.37. The summed E-state index contributed by atoms with van der Waals surface area (Å²) in [7, 11) is 0. The predicted molar refractivity (Wildman–Crippen MR) is 115 cm³/mol. The molecule has 2 aromatic heterocycles. The van der Waals surface area contributed by atoms with E-state index in [1.165, 1.54) is 12.3 Å². The smallest absolute Gasteiger partial charge is 0.362 e. The first-order valence-electron chi connectivity index (χ1n) is 8.93. The summed E-state index contributed by atoms with van der Waals surface area (Å²) in [6.45, 7) is 0. The van der Waals surface area contributed by atoms with Crippen molar-refractivity contribution >= 4 is 56.5 Å². The van der Waals surface area contributed by atoms with E-state index in [0.717, 1.165) is 9.15 Å². The van der Waals surface area contributed by atoms with Gasteiger partial charge in [-0.3, -0.25) is 4.79 Å². The lowest BCUT2D eigenvalue weighted by Gasteiger charge is -2.33. The number of nitrogens with one attached hydrogen (secondary N) is 2. The van der Waals surface area contributed by atoms with Crippen molar-refractivity contribution in [3.8, 4) is 0 Å². The van der Waals surface area contributed by atoms with E-state index in [1.54, 1.807) is 30.3 Å². The molecule has 1 aromatic carbocycles. The first kappa shape index (κ1) is 21.9. The van der Waals surface area contributed by atoms with Gasteiger partial charge in [0, 0.05) is 17.1 Å². The molecule has 2 atom stereocenters. The van der Waals surface area contributed by atoms with Crippen molar-refractivity contribution in [2.75, 3.05) is 10.6 Å². The molecular formula is C19H13BrCl2F3N5O. The van der Waals surface area contributed by atoms with Gasteiger partial charge in [0.25, 0.3) is 5.91 Å². The second kappa shape index (κ2) is 8.33. The number of alkyl halides is 3. The van der Waals surface area contributed by atoms with Crippen molar-refractivity contribution in [1.82, 2.24) is 14.8 Å². The molecule has 6 nitrogen and oxygen atoms in total. The van der Waals surface area contributed by atoms with Gasteiger partial charge in [-0.1, -0.05) is 51.3 Å². The van der Waals surface area contributed by atoms with Crippen molar-refractivity contribution in [2.45, 2.75) is 24.7 Å². The Morgan fingerprint density at radius 3 is 2.58 bits per heavy atom. The summed E-state index contributed by atoms with van der Waals surface area (Å²) < 4.78 is 43.1. The van der Waals surface area contributed by atoms with Crippen LogP contribution in [0.5, 0.6) is 0 Å². The number of rotatable bonds is 3. The number of benzene rings is 1. The highest BCUT2D eigenvalue weighted by molar-refractivity contribution is 9.10. The average Bonchev–Trinajstić information content (AvgIpc) is 3.05. The number of hydrogen-bond acceptors (Lipinski definition) is 4. The summed E-state index contributed by atoms with van der Waals surface area (Å²) in [5.74, 6) is -0.879. The van der Waals surface area contributed by atoms with Gasteiger partial charge in [-0.25, -0.2) is 9.67 Å². The Kier molecular flexibility index (Phi) is 5.89. The number of carbonyl (C=O) groups excluding carboxylic acids is 1. The Morgan fingerprint density at radius 2 is 1.94 bits per heavy atom. The van der Waals surface area contributed by atoms with Crippen LogP contribution < -0.4 is 10.6 Å². The zero-order valence-electron chi connectivity index (χ0n) is 15.4. The van der Waals surface area contributed by atoms with Crippen molar-refractivity contribution in [1.29, 1.82) is 0 Å². The van der Waals surface area contributed by atoms with Crippen molar-refractivity contribution in [3.05, 3.63) is 68.5 Å². The summed E-state index contributed by atoms with van der Waals surface area (Å²) >= 11 is 15.5.